The average Bonchev–Trinajstić information content (AvgIpc) is 3.54. The van der Waals surface area contributed by atoms with Crippen molar-refractivity contribution < 1.29 is 18.1 Å². The van der Waals surface area contributed by atoms with Crippen molar-refractivity contribution in [3.63, 3.8) is 0 Å². The molecule has 0 radical (unpaired) electrons. The maximum Gasteiger partial charge on any atom is 0.280 e. The summed E-state index contributed by atoms with van der Waals surface area (Å²) in [5, 5.41) is 12.4. The van der Waals surface area contributed by atoms with Gasteiger partial charge in [0.25, 0.3) is 5.89 Å². The quantitative estimate of drug-likeness (QED) is 0.376. The molecule has 0 aliphatic carbocycles. The van der Waals surface area contributed by atoms with E-state index in [0.29, 0.717) is 46.7 Å². The van der Waals surface area contributed by atoms with Crippen molar-refractivity contribution in [3.05, 3.63) is 71.5 Å². The monoisotopic (exact) mass is 446 g/mol. The van der Waals surface area contributed by atoms with Crippen LogP contribution in [0.3, 0.4) is 0 Å². The Kier molecular flexibility index (Phi) is 5.17. The molecule has 5 aromatic rings. The molecule has 3 aromatic heterocycles. The van der Waals surface area contributed by atoms with Gasteiger partial charge in [0.05, 0.1) is 24.9 Å². The lowest BCUT2D eigenvalue weighted by molar-refractivity contribution is 0.414. The number of nitrogens with zero attached hydrogens (tertiary/aromatic N) is 6. The lowest BCUT2D eigenvalue weighted by Gasteiger charge is -2.03. The van der Waals surface area contributed by atoms with Gasteiger partial charge in [-0.05, 0) is 50.2 Å². The van der Waals surface area contributed by atoms with E-state index in [2.05, 4.69) is 25.4 Å². The van der Waals surface area contributed by atoms with Crippen LogP contribution in [-0.4, -0.2) is 37.2 Å². The van der Waals surface area contributed by atoms with Crippen molar-refractivity contribution in [2.75, 3.05) is 7.11 Å². The topological polar surface area (TPSA) is 105 Å². The maximum absolute atomic E-state index is 13.2. The van der Waals surface area contributed by atoms with Crippen LogP contribution < -0.4 is 4.74 Å². The van der Waals surface area contributed by atoms with Crippen LogP contribution in [-0.2, 0) is 6.54 Å². The van der Waals surface area contributed by atoms with E-state index in [1.54, 1.807) is 23.9 Å². The third kappa shape index (κ3) is 3.86. The molecule has 2 aromatic carbocycles. The predicted octanol–water partition coefficient (Wildman–Crippen LogP) is 4.46. The van der Waals surface area contributed by atoms with Crippen molar-refractivity contribution in [2.24, 2.45) is 0 Å². The Bertz CT molecular complexity index is 1420. The minimum absolute atomic E-state index is 0.227. The van der Waals surface area contributed by atoms with Crippen molar-refractivity contribution in [1.82, 2.24) is 30.1 Å². The second kappa shape index (κ2) is 8.30. The van der Waals surface area contributed by atoms with Gasteiger partial charge in [0, 0.05) is 5.56 Å². The number of hydrogen-bond acceptors (Lipinski definition) is 8. The van der Waals surface area contributed by atoms with Crippen LogP contribution in [0.2, 0.25) is 0 Å². The maximum atomic E-state index is 13.2. The van der Waals surface area contributed by atoms with Crippen LogP contribution in [0, 0.1) is 19.7 Å². The summed E-state index contributed by atoms with van der Waals surface area (Å²) in [7, 11) is 1.61. The minimum Gasteiger partial charge on any atom is -0.496 e. The average molecular weight is 446 g/mol. The molecule has 0 spiro atoms. The first-order valence-corrected chi connectivity index (χ1v) is 10.1. The summed E-state index contributed by atoms with van der Waals surface area (Å²) in [5.74, 6) is 2.05. The predicted molar refractivity (Wildman–Crippen MR) is 116 cm³/mol. The Morgan fingerprint density at radius 2 is 1.79 bits per heavy atom. The first-order valence-electron chi connectivity index (χ1n) is 10.1. The number of methoxy groups -OCH3 is 1. The molecular weight excluding hydrogens is 427 g/mol. The molecule has 0 saturated heterocycles. The summed E-state index contributed by atoms with van der Waals surface area (Å²) in [6.45, 7) is 4.05. The molecule has 0 N–H and O–H groups in total. The lowest BCUT2D eigenvalue weighted by atomic mass is 10.2. The number of ether oxygens (including phenoxy) is 1. The summed E-state index contributed by atoms with van der Waals surface area (Å²) < 4.78 is 31.5. The zero-order valence-corrected chi connectivity index (χ0v) is 18.1. The fraction of sp³-hybridized carbons (Fsp3) is 0.174. The molecule has 10 heteroatoms. The molecule has 0 aliphatic rings. The zero-order chi connectivity index (χ0) is 22.9. The van der Waals surface area contributed by atoms with Gasteiger partial charge in [-0.2, -0.15) is 4.98 Å². The molecule has 3 heterocycles. The Morgan fingerprint density at radius 1 is 1.00 bits per heavy atom. The number of rotatable bonds is 6. The molecule has 0 atom stereocenters. The van der Waals surface area contributed by atoms with Gasteiger partial charge in [-0.15, -0.1) is 5.10 Å². The normalized spacial score (nSPS) is 11.2. The van der Waals surface area contributed by atoms with Gasteiger partial charge in [-0.3, -0.25) is 0 Å². The number of aryl methyl sites for hydroxylation is 1. The van der Waals surface area contributed by atoms with E-state index in [0.717, 1.165) is 11.3 Å². The van der Waals surface area contributed by atoms with Gasteiger partial charge < -0.3 is 13.7 Å². The zero-order valence-electron chi connectivity index (χ0n) is 18.1. The molecule has 0 unspecified atom stereocenters. The van der Waals surface area contributed by atoms with Crippen LogP contribution in [0.1, 0.15) is 17.1 Å². The van der Waals surface area contributed by atoms with E-state index < -0.39 is 0 Å². The third-order valence-electron chi connectivity index (χ3n) is 5.24. The van der Waals surface area contributed by atoms with Crippen molar-refractivity contribution in [1.29, 1.82) is 0 Å². The number of aromatic nitrogens is 6. The van der Waals surface area contributed by atoms with Gasteiger partial charge in [-0.1, -0.05) is 22.5 Å². The number of oxazole rings is 1. The fourth-order valence-electron chi connectivity index (χ4n) is 3.40. The minimum atomic E-state index is -0.335. The molecule has 166 valence electrons. The highest BCUT2D eigenvalue weighted by atomic mass is 19.1. The Morgan fingerprint density at radius 3 is 2.58 bits per heavy atom. The number of benzene rings is 2. The molecule has 0 fully saturated rings. The number of halogens is 1. The van der Waals surface area contributed by atoms with Gasteiger partial charge in [0.2, 0.25) is 11.7 Å². The first kappa shape index (κ1) is 20.6. The van der Waals surface area contributed by atoms with Crippen LogP contribution in [0.15, 0.2) is 57.5 Å². The van der Waals surface area contributed by atoms with E-state index in [9.17, 15) is 4.39 Å². The van der Waals surface area contributed by atoms with E-state index in [-0.39, 0.29) is 11.7 Å². The van der Waals surface area contributed by atoms with E-state index >= 15 is 0 Å². The van der Waals surface area contributed by atoms with Crippen LogP contribution in [0.5, 0.6) is 5.75 Å². The molecular formula is C23H19FN6O3. The smallest absolute Gasteiger partial charge is 0.280 e. The molecule has 0 bridgehead atoms. The van der Waals surface area contributed by atoms with Gasteiger partial charge in [-0.25, -0.2) is 14.1 Å². The Balaban J connectivity index is 1.41. The lowest BCUT2D eigenvalue weighted by Crippen LogP contribution is -2.05. The van der Waals surface area contributed by atoms with Gasteiger partial charge in [0.1, 0.15) is 23.0 Å². The summed E-state index contributed by atoms with van der Waals surface area (Å²) in [5.41, 5.74) is 3.31. The molecule has 9 nitrogen and oxygen atoms in total. The van der Waals surface area contributed by atoms with E-state index in [1.807, 2.05) is 38.1 Å². The molecule has 33 heavy (non-hydrogen) atoms. The highest BCUT2D eigenvalue weighted by molar-refractivity contribution is 5.63. The SMILES string of the molecule is COc1ccccc1-c1nc(Cn2nnc(-c3nc(-c4ccc(F)cc4)no3)c2C)c(C)o1. The summed E-state index contributed by atoms with van der Waals surface area (Å²) in [6, 6.07) is 13.4. The first-order chi connectivity index (χ1) is 16.0. The highest BCUT2D eigenvalue weighted by Crippen LogP contribution is 2.31. The highest BCUT2D eigenvalue weighted by Gasteiger charge is 2.21. The third-order valence-corrected chi connectivity index (χ3v) is 5.24. The van der Waals surface area contributed by atoms with Crippen LogP contribution >= 0.6 is 0 Å². The molecule has 0 amide bonds. The molecule has 5 rings (SSSR count). The van der Waals surface area contributed by atoms with E-state index in [1.165, 1.54) is 12.1 Å². The van der Waals surface area contributed by atoms with Crippen molar-refractivity contribution >= 4 is 0 Å². The van der Waals surface area contributed by atoms with Gasteiger partial charge in [0.15, 0.2) is 5.69 Å². The number of para-hydroxylation sites is 1. The molecule has 0 saturated carbocycles. The van der Waals surface area contributed by atoms with Crippen LogP contribution in [0.4, 0.5) is 4.39 Å². The summed E-state index contributed by atoms with van der Waals surface area (Å²) in [4.78, 5) is 9.02. The fourth-order valence-corrected chi connectivity index (χ4v) is 3.40. The largest absolute Gasteiger partial charge is 0.496 e. The van der Waals surface area contributed by atoms with Crippen LogP contribution in [0.25, 0.3) is 34.4 Å². The second-order valence-electron chi connectivity index (χ2n) is 7.33. The van der Waals surface area contributed by atoms with Crippen molar-refractivity contribution in [3.8, 4) is 40.2 Å². The second-order valence-corrected chi connectivity index (χ2v) is 7.33. The summed E-state index contributed by atoms with van der Waals surface area (Å²) in [6.07, 6.45) is 0. The Hall–Kier alpha value is -4.34. The summed E-state index contributed by atoms with van der Waals surface area (Å²) >= 11 is 0. The van der Waals surface area contributed by atoms with Crippen molar-refractivity contribution in [2.45, 2.75) is 20.4 Å². The Labute approximate surface area is 187 Å². The number of hydrogen-bond donors (Lipinski definition) is 0. The molecule has 0 aliphatic heterocycles. The van der Waals surface area contributed by atoms with Gasteiger partial charge >= 0.3 is 0 Å². The van der Waals surface area contributed by atoms with E-state index in [4.69, 9.17) is 13.7 Å². The standard InChI is InChI=1S/C23H19FN6O3/c1-13-20(23-26-21(28-33-23)15-8-10-16(24)11-9-15)27-29-30(13)12-18-14(2)32-22(25-18)17-6-4-5-7-19(17)31-3/h4-11H,12H2,1-3H3.